The minimum Gasteiger partial charge on any atom is -0.476 e. The molecule has 1 aromatic heterocycles. The summed E-state index contributed by atoms with van der Waals surface area (Å²) in [4.78, 5) is 66.9. The van der Waals surface area contributed by atoms with Crippen LogP contribution in [0.1, 0.15) is 168 Å². The summed E-state index contributed by atoms with van der Waals surface area (Å²) >= 11 is 1.13. The maximum Gasteiger partial charge on any atom is 0.407 e. The van der Waals surface area contributed by atoms with Gasteiger partial charge in [0.05, 0.1) is 26.4 Å². The highest BCUT2D eigenvalue weighted by Crippen LogP contribution is 2.32. The van der Waals surface area contributed by atoms with Gasteiger partial charge >= 0.3 is 12.1 Å². The average Bonchev–Trinajstić information content (AvgIpc) is 3.74. The summed E-state index contributed by atoms with van der Waals surface area (Å²) in [6.07, 6.45) is 9.09. The molecule has 0 aliphatic carbocycles. The molecule has 0 radical (unpaired) electrons. The first kappa shape index (κ1) is 63.8. The van der Waals surface area contributed by atoms with Gasteiger partial charge in [0.1, 0.15) is 11.7 Å². The van der Waals surface area contributed by atoms with Crippen LogP contribution in [0.4, 0.5) is 4.79 Å². The standard InChI is InChI=1S/C35H63N5O8S.C7H17N.C2H6.CH4N2O/c1-9-11-13-14-16-40(30(42)15-12-10-2)27(25(3)4)17-28(31-39-26(19-49-31)32(43)44)48-33(45)37-20-34(5,6)21-46-22-35(7,8)23-47-24-38-29(41)18-36;1-4-5-6-7-8(2)3;1-2;1-2-3-4/h19,25,27-28H,9-18,20-24,36H2,1-8H3,(H,37,45)(H,38,41)(H,43,44);4-7H2,1-3H3;1-2H3;1H3,(H,2,4). The first-order valence-electron chi connectivity index (χ1n) is 22.9. The van der Waals surface area contributed by atoms with E-state index in [0.29, 0.717) is 44.2 Å². The van der Waals surface area contributed by atoms with Crippen LogP contribution in [0.3, 0.4) is 0 Å². The number of thiazole rings is 1. The molecule has 1 rings (SSSR count). The number of unbranched alkanes of at least 4 members (excludes halogenated alkanes) is 6. The van der Waals surface area contributed by atoms with Gasteiger partial charge in [-0.3, -0.25) is 15.0 Å². The summed E-state index contributed by atoms with van der Waals surface area (Å²) in [5.41, 5.74) is 6.40. The van der Waals surface area contributed by atoms with Crippen molar-refractivity contribution in [1.29, 1.82) is 0 Å². The number of rotatable bonds is 31. The van der Waals surface area contributed by atoms with Crippen molar-refractivity contribution in [3.63, 3.8) is 0 Å². The number of nitrogens with one attached hydrogen (secondary N) is 3. The Hall–Kier alpha value is -3.45. The monoisotopic (exact) mass is 919 g/mol. The molecule has 1 aromatic rings. The van der Waals surface area contributed by atoms with Crippen molar-refractivity contribution in [2.75, 3.05) is 73.9 Å². The van der Waals surface area contributed by atoms with E-state index in [1.807, 2.05) is 65.7 Å². The average molecular weight is 919 g/mol. The first-order chi connectivity index (χ1) is 29.7. The molecule has 0 aliphatic heterocycles. The van der Waals surface area contributed by atoms with E-state index in [-0.39, 0.29) is 54.7 Å². The molecular weight excluding hydrogens is 829 g/mol. The fourth-order valence-electron chi connectivity index (χ4n) is 5.76. The molecule has 0 saturated carbocycles. The minimum atomic E-state index is -1.16. The Morgan fingerprint density at radius 1 is 0.873 bits per heavy atom. The van der Waals surface area contributed by atoms with E-state index in [0.717, 1.165) is 49.9 Å². The number of carbonyl (C=O) groups is 4. The van der Waals surface area contributed by atoms with Crippen LogP contribution >= 0.6 is 11.3 Å². The van der Waals surface area contributed by atoms with Crippen molar-refractivity contribution in [2.24, 2.45) is 27.8 Å². The third-order valence-electron chi connectivity index (χ3n) is 9.25. The van der Waals surface area contributed by atoms with Crippen LogP contribution in [0.25, 0.3) is 0 Å². The van der Waals surface area contributed by atoms with Gasteiger partial charge in [-0.25, -0.2) is 14.6 Å². The van der Waals surface area contributed by atoms with Crippen molar-refractivity contribution < 1.29 is 38.5 Å². The highest BCUT2D eigenvalue weighted by Gasteiger charge is 2.33. The smallest absolute Gasteiger partial charge is 0.407 e. The van der Waals surface area contributed by atoms with Crippen molar-refractivity contribution in [3.8, 4) is 0 Å². The first-order valence-corrected chi connectivity index (χ1v) is 23.8. The highest BCUT2D eigenvalue weighted by molar-refractivity contribution is 7.09. The number of ether oxygens (including phenoxy) is 3. The van der Waals surface area contributed by atoms with Crippen LogP contribution in [0, 0.1) is 21.7 Å². The van der Waals surface area contributed by atoms with Gasteiger partial charge in [-0.1, -0.05) is 115 Å². The third kappa shape index (κ3) is 34.6. The number of nitrogens with zero attached hydrogens (tertiary/aromatic N) is 4. The van der Waals surface area contributed by atoms with Gasteiger partial charge in [0.15, 0.2) is 11.8 Å². The van der Waals surface area contributed by atoms with Gasteiger partial charge in [-0.05, 0) is 45.8 Å². The molecule has 2 unspecified atom stereocenters. The van der Waals surface area contributed by atoms with Crippen LogP contribution in [0.15, 0.2) is 10.7 Å². The van der Waals surface area contributed by atoms with Gasteiger partial charge in [-0.2, -0.15) is 0 Å². The molecule has 0 fully saturated rings. The largest absolute Gasteiger partial charge is 0.476 e. The predicted molar refractivity (Wildman–Crippen MR) is 256 cm³/mol. The zero-order chi connectivity index (χ0) is 48.9. The molecule has 370 valence electrons. The molecule has 0 aromatic carbocycles. The minimum absolute atomic E-state index is 0.0558. The van der Waals surface area contributed by atoms with Crippen LogP contribution in [-0.4, -0.2) is 124 Å². The number of carbonyl (C=O) groups excluding carboxylic acids is 3. The number of carboxylic acids is 1. The zero-order valence-electron chi connectivity index (χ0n) is 41.7. The lowest BCUT2D eigenvalue weighted by Gasteiger charge is -2.36. The summed E-state index contributed by atoms with van der Waals surface area (Å²) in [5.74, 6) is -1.31. The van der Waals surface area contributed by atoms with E-state index in [1.165, 1.54) is 38.2 Å². The molecule has 3 amide bonds. The summed E-state index contributed by atoms with van der Waals surface area (Å²) in [6.45, 7) is 25.6. The Morgan fingerprint density at radius 2 is 1.43 bits per heavy atom. The van der Waals surface area contributed by atoms with Crippen molar-refractivity contribution in [2.45, 2.75) is 159 Å². The summed E-state index contributed by atoms with van der Waals surface area (Å²) < 4.78 is 17.5. The predicted octanol–water partition coefficient (Wildman–Crippen LogP) is 8.39. The Labute approximate surface area is 385 Å². The van der Waals surface area contributed by atoms with Crippen molar-refractivity contribution >= 4 is 35.2 Å². The van der Waals surface area contributed by atoms with Crippen LogP contribution in [-0.2, 0) is 23.8 Å². The van der Waals surface area contributed by atoms with Crippen LogP contribution in [0.5, 0.6) is 0 Å². The lowest BCUT2D eigenvalue weighted by molar-refractivity contribution is -0.135. The topological polar surface area (TPSA) is 227 Å². The third-order valence-corrected chi connectivity index (χ3v) is 10.2. The summed E-state index contributed by atoms with van der Waals surface area (Å²) in [7, 11) is 5.69. The van der Waals surface area contributed by atoms with E-state index in [4.69, 9.17) is 24.9 Å². The molecule has 1 heterocycles. The maximum atomic E-state index is 13.5. The Bertz CT molecular complexity index is 1330. The number of carboxylic acid groups (broad SMARTS) is 1. The molecule has 63 heavy (non-hydrogen) atoms. The van der Waals surface area contributed by atoms with Gasteiger partial charge in [0, 0.05) is 60.5 Å². The van der Waals surface area contributed by atoms with Gasteiger partial charge < -0.3 is 45.5 Å². The van der Waals surface area contributed by atoms with Crippen LogP contribution in [0.2, 0.25) is 0 Å². The molecule has 0 spiro atoms. The molecule has 0 saturated heterocycles. The number of amides is 3. The second-order valence-electron chi connectivity index (χ2n) is 17.4. The Balaban J connectivity index is -0.00000222. The van der Waals surface area contributed by atoms with E-state index in [2.05, 4.69) is 60.7 Å². The fourth-order valence-corrected chi connectivity index (χ4v) is 6.59. The number of hydrogen-bond donors (Lipinski definition) is 5. The molecule has 18 heteroatoms. The zero-order valence-corrected chi connectivity index (χ0v) is 42.5. The van der Waals surface area contributed by atoms with E-state index in [9.17, 15) is 24.3 Å². The van der Waals surface area contributed by atoms with Gasteiger partial charge in [0.2, 0.25) is 11.8 Å². The van der Waals surface area contributed by atoms with Crippen molar-refractivity contribution in [3.05, 3.63) is 21.0 Å². The molecule has 2 atom stereocenters. The Morgan fingerprint density at radius 3 is 1.94 bits per heavy atom. The number of nitroso groups, excluding NO2 is 1. The second-order valence-corrected chi connectivity index (χ2v) is 18.3. The quantitative estimate of drug-likeness (QED) is 0.0204. The lowest BCUT2D eigenvalue weighted by atomic mass is 9.93. The molecular formula is C45H90N8O9S. The lowest BCUT2D eigenvalue weighted by Crippen LogP contribution is -2.45. The van der Waals surface area contributed by atoms with Gasteiger partial charge in [0.25, 0.3) is 0 Å². The van der Waals surface area contributed by atoms with Crippen LogP contribution < -0.4 is 21.8 Å². The van der Waals surface area contributed by atoms with Gasteiger partial charge in [-0.15, -0.1) is 16.2 Å². The Kier molecular flexibility index (Phi) is 39.5. The molecule has 6 N–H and O–H groups in total. The number of alkyl carbamates (subject to hydrolysis) is 1. The number of nitrogens with two attached hydrogens (primary N) is 1. The van der Waals surface area contributed by atoms with E-state index in [1.54, 1.807) is 0 Å². The normalized spacial score (nSPS) is 12.0. The van der Waals surface area contributed by atoms with E-state index >= 15 is 0 Å². The number of hydrogen-bond acceptors (Lipinski definition) is 13. The summed E-state index contributed by atoms with van der Waals surface area (Å²) in [5, 5.41) is 19.0. The summed E-state index contributed by atoms with van der Waals surface area (Å²) in [6, 6.07) is -0.241. The highest BCUT2D eigenvalue weighted by atomic mass is 32.1. The molecule has 0 bridgehead atoms. The molecule has 0 aliphatic rings. The van der Waals surface area contributed by atoms with Crippen molar-refractivity contribution in [1.82, 2.24) is 30.8 Å². The maximum absolute atomic E-state index is 13.5. The second kappa shape index (κ2) is 39.0. The SMILES string of the molecule is CC.CCCCCCN(C(=O)CCCC)C(CC(OC(=O)NCC(C)(C)COCC(C)(C)COCNC(=O)CN)c1nc(C(=O)O)cs1)C(C)C.CCCCCN(C)C.CNN=O. The number of aromatic carboxylic acids is 1. The molecule has 17 nitrogen and oxygen atoms in total. The fraction of sp³-hybridized carbons (Fsp3) is 0.844. The van der Waals surface area contributed by atoms with E-state index < -0.39 is 23.6 Å². The number of aromatic nitrogens is 1.